The average Bonchev–Trinajstić information content (AvgIpc) is 2.71. The molecule has 0 aliphatic heterocycles. The first-order valence-electron chi connectivity index (χ1n) is 9.89. The first-order chi connectivity index (χ1) is 13.9. The Morgan fingerprint density at radius 2 is 1.62 bits per heavy atom. The Morgan fingerprint density at radius 3 is 2.10 bits per heavy atom. The van der Waals surface area contributed by atoms with Crippen LogP contribution >= 0.6 is 23.5 Å². The summed E-state index contributed by atoms with van der Waals surface area (Å²) < 4.78 is 5.24. The number of ether oxygens (including phenoxy) is 1. The Balaban J connectivity index is 2.49. The minimum Gasteiger partial charge on any atom is -0.459 e. The first-order valence-corrected chi connectivity index (χ1v) is 12.0. The average molecular weight is 446 g/mol. The summed E-state index contributed by atoms with van der Waals surface area (Å²) in [7, 11) is 0. The largest absolute Gasteiger partial charge is 0.459 e. The molecular formula is C20H31NO6S2. The molecule has 0 bridgehead atoms. The SMILES string of the molecule is CCCCSC(CC(O)C(O)COC(=O)c1ccc([N+](=O)[O-])cc1)SCCCC. The van der Waals surface area contributed by atoms with Gasteiger partial charge in [-0.05, 0) is 42.9 Å². The molecule has 0 heterocycles. The maximum absolute atomic E-state index is 12.0. The van der Waals surface area contributed by atoms with Gasteiger partial charge in [0.05, 0.1) is 21.2 Å². The van der Waals surface area contributed by atoms with Crippen molar-refractivity contribution in [1.82, 2.24) is 0 Å². The molecule has 1 aromatic carbocycles. The molecule has 0 fully saturated rings. The van der Waals surface area contributed by atoms with E-state index < -0.39 is 23.1 Å². The molecule has 164 valence electrons. The van der Waals surface area contributed by atoms with Gasteiger partial charge in [-0.3, -0.25) is 10.1 Å². The van der Waals surface area contributed by atoms with E-state index in [1.54, 1.807) is 23.5 Å². The van der Waals surface area contributed by atoms with Crippen LogP contribution in [-0.4, -0.2) is 56.0 Å². The molecule has 1 aromatic rings. The fourth-order valence-electron chi connectivity index (χ4n) is 2.33. The van der Waals surface area contributed by atoms with Crippen molar-refractivity contribution in [2.24, 2.45) is 0 Å². The summed E-state index contributed by atoms with van der Waals surface area (Å²) in [4.78, 5) is 22.1. The highest BCUT2D eigenvalue weighted by atomic mass is 32.2. The summed E-state index contributed by atoms with van der Waals surface area (Å²) in [6, 6.07) is 5.03. The summed E-state index contributed by atoms with van der Waals surface area (Å²) in [6.45, 7) is 3.94. The molecule has 1 rings (SSSR count). The van der Waals surface area contributed by atoms with Gasteiger partial charge in [-0.25, -0.2) is 4.79 Å². The van der Waals surface area contributed by atoms with E-state index in [-0.39, 0.29) is 22.4 Å². The van der Waals surface area contributed by atoms with Crippen molar-refractivity contribution < 1.29 is 24.7 Å². The van der Waals surface area contributed by atoms with Gasteiger partial charge in [0.1, 0.15) is 12.7 Å². The Morgan fingerprint density at radius 1 is 1.07 bits per heavy atom. The van der Waals surface area contributed by atoms with Crippen LogP contribution in [0.15, 0.2) is 24.3 Å². The Kier molecular flexibility index (Phi) is 13.0. The van der Waals surface area contributed by atoms with Crippen molar-refractivity contribution in [2.45, 2.75) is 62.7 Å². The lowest BCUT2D eigenvalue weighted by Crippen LogP contribution is -2.33. The molecule has 0 aliphatic rings. The lowest BCUT2D eigenvalue weighted by molar-refractivity contribution is -0.384. The van der Waals surface area contributed by atoms with Gasteiger partial charge >= 0.3 is 5.97 Å². The lowest BCUT2D eigenvalue weighted by Gasteiger charge is -2.23. The smallest absolute Gasteiger partial charge is 0.338 e. The van der Waals surface area contributed by atoms with Crippen LogP contribution in [0, 0.1) is 10.1 Å². The van der Waals surface area contributed by atoms with Crippen molar-refractivity contribution >= 4 is 35.2 Å². The molecule has 0 saturated carbocycles. The zero-order valence-electron chi connectivity index (χ0n) is 17.0. The van der Waals surface area contributed by atoms with Crippen molar-refractivity contribution in [2.75, 3.05) is 18.1 Å². The number of nitrogens with zero attached hydrogens (tertiary/aromatic N) is 1. The molecule has 2 N–H and O–H groups in total. The Labute approximate surface area is 180 Å². The molecule has 0 aliphatic carbocycles. The summed E-state index contributed by atoms with van der Waals surface area (Å²) in [5.74, 6) is 1.33. The van der Waals surface area contributed by atoms with Crippen LogP contribution in [0.25, 0.3) is 0 Å². The van der Waals surface area contributed by atoms with Gasteiger partial charge in [-0.2, -0.15) is 0 Å². The topological polar surface area (TPSA) is 110 Å². The maximum atomic E-state index is 12.0. The third-order valence-electron chi connectivity index (χ3n) is 4.18. The second-order valence-corrected chi connectivity index (χ2v) is 9.57. The summed E-state index contributed by atoms with van der Waals surface area (Å²) in [5, 5.41) is 31.2. The molecule has 0 radical (unpaired) electrons. The fraction of sp³-hybridized carbons (Fsp3) is 0.650. The first kappa shape index (κ1) is 25.7. The molecule has 2 unspecified atom stereocenters. The van der Waals surface area contributed by atoms with Gasteiger partial charge in [-0.1, -0.05) is 26.7 Å². The van der Waals surface area contributed by atoms with E-state index in [1.807, 2.05) is 0 Å². The third kappa shape index (κ3) is 10.3. The van der Waals surface area contributed by atoms with Crippen molar-refractivity contribution in [3.8, 4) is 0 Å². The molecule has 0 saturated heterocycles. The van der Waals surface area contributed by atoms with E-state index >= 15 is 0 Å². The normalized spacial score (nSPS) is 13.3. The van der Waals surface area contributed by atoms with Gasteiger partial charge in [0.25, 0.3) is 5.69 Å². The number of aliphatic hydroxyl groups excluding tert-OH is 2. The van der Waals surface area contributed by atoms with Gasteiger partial charge in [0, 0.05) is 12.1 Å². The Bertz CT molecular complexity index is 603. The van der Waals surface area contributed by atoms with Crippen LogP contribution in [0.5, 0.6) is 0 Å². The number of esters is 1. The zero-order valence-corrected chi connectivity index (χ0v) is 18.6. The predicted octanol–water partition coefficient (Wildman–Crippen LogP) is 4.26. The monoisotopic (exact) mass is 445 g/mol. The molecule has 2 atom stereocenters. The van der Waals surface area contributed by atoms with E-state index in [9.17, 15) is 25.1 Å². The maximum Gasteiger partial charge on any atom is 0.338 e. The number of non-ortho nitro benzene ring substituents is 1. The second-order valence-electron chi connectivity index (χ2n) is 6.65. The number of hydrogen-bond acceptors (Lipinski definition) is 8. The second kappa shape index (κ2) is 14.7. The molecule has 0 spiro atoms. The number of benzene rings is 1. The van der Waals surface area contributed by atoms with Crippen molar-refractivity contribution in [3.05, 3.63) is 39.9 Å². The van der Waals surface area contributed by atoms with Gasteiger partial charge in [0.15, 0.2) is 0 Å². The lowest BCUT2D eigenvalue weighted by atomic mass is 10.1. The van der Waals surface area contributed by atoms with E-state index in [2.05, 4.69) is 13.8 Å². The number of carbonyl (C=O) groups is 1. The number of nitro benzene ring substituents is 1. The fourth-order valence-corrected chi connectivity index (χ4v) is 5.40. The van der Waals surface area contributed by atoms with Crippen LogP contribution in [-0.2, 0) is 4.74 Å². The number of carbonyl (C=O) groups excluding carboxylic acids is 1. The molecule has 0 amide bonds. The quantitative estimate of drug-likeness (QED) is 0.135. The van der Waals surface area contributed by atoms with E-state index in [1.165, 1.54) is 24.3 Å². The van der Waals surface area contributed by atoms with Crippen LogP contribution in [0.4, 0.5) is 5.69 Å². The van der Waals surface area contributed by atoms with Crippen LogP contribution in [0.3, 0.4) is 0 Å². The molecule has 9 heteroatoms. The minimum atomic E-state index is -1.18. The van der Waals surface area contributed by atoms with Crippen LogP contribution in [0.1, 0.15) is 56.3 Å². The van der Waals surface area contributed by atoms with Gasteiger partial charge < -0.3 is 14.9 Å². The van der Waals surface area contributed by atoms with E-state index in [0.29, 0.717) is 6.42 Å². The Hall–Kier alpha value is -1.29. The number of aliphatic hydroxyl groups is 2. The van der Waals surface area contributed by atoms with E-state index in [0.717, 1.165) is 37.2 Å². The molecular weight excluding hydrogens is 414 g/mol. The van der Waals surface area contributed by atoms with Crippen molar-refractivity contribution in [3.63, 3.8) is 0 Å². The summed E-state index contributed by atoms with van der Waals surface area (Å²) in [5.41, 5.74) is 0.0320. The van der Waals surface area contributed by atoms with Gasteiger partial charge in [0.2, 0.25) is 0 Å². The van der Waals surface area contributed by atoms with Crippen LogP contribution < -0.4 is 0 Å². The molecule has 0 aromatic heterocycles. The van der Waals surface area contributed by atoms with Gasteiger partial charge in [-0.15, -0.1) is 23.5 Å². The predicted molar refractivity (Wildman–Crippen MR) is 119 cm³/mol. The summed E-state index contributed by atoms with van der Waals surface area (Å²) >= 11 is 3.59. The standard InChI is InChI=1S/C20H31NO6S2/c1-3-5-11-28-19(29-12-6-4-2)13-17(22)18(23)14-27-20(24)15-7-9-16(10-8-15)21(25)26/h7-10,17-19,22-23H,3-6,11-14H2,1-2H3. The van der Waals surface area contributed by atoms with Crippen LogP contribution in [0.2, 0.25) is 0 Å². The zero-order chi connectivity index (χ0) is 21.6. The highest BCUT2D eigenvalue weighted by Gasteiger charge is 2.23. The minimum absolute atomic E-state index is 0.121. The van der Waals surface area contributed by atoms with Crippen molar-refractivity contribution in [1.29, 1.82) is 0 Å². The molecule has 7 nitrogen and oxygen atoms in total. The van der Waals surface area contributed by atoms with E-state index in [4.69, 9.17) is 4.74 Å². The highest BCUT2D eigenvalue weighted by molar-refractivity contribution is 8.17. The summed E-state index contributed by atoms with van der Waals surface area (Å²) in [6.07, 6.45) is 2.69. The number of nitro groups is 1. The number of rotatable bonds is 15. The number of unbranched alkanes of at least 4 members (excludes halogenated alkanes) is 2. The highest BCUT2D eigenvalue weighted by Crippen LogP contribution is 2.30. The third-order valence-corrected chi connectivity index (χ3v) is 7.17. The molecule has 29 heavy (non-hydrogen) atoms. The number of hydrogen-bond donors (Lipinski definition) is 2. The number of thioether (sulfide) groups is 2.